The van der Waals surface area contributed by atoms with E-state index in [0.717, 1.165) is 35.2 Å². The molecule has 0 bridgehead atoms. The van der Waals surface area contributed by atoms with Crippen LogP contribution >= 0.6 is 15.9 Å². The smallest absolute Gasteiger partial charge is 0.254 e. The van der Waals surface area contributed by atoms with Gasteiger partial charge >= 0.3 is 0 Å². The normalized spacial score (nSPS) is 17.2. The van der Waals surface area contributed by atoms with Gasteiger partial charge in [0.15, 0.2) is 0 Å². The van der Waals surface area contributed by atoms with Gasteiger partial charge in [0.2, 0.25) is 0 Å². The molecule has 1 aliphatic heterocycles. The summed E-state index contributed by atoms with van der Waals surface area (Å²) < 4.78 is 0.917. The van der Waals surface area contributed by atoms with Gasteiger partial charge in [0.05, 0.1) is 5.56 Å². The van der Waals surface area contributed by atoms with E-state index in [9.17, 15) is 4.79 Å². The van der Waals surface area contributed by atoms with Gasteiger partial charge in [-0.05, 0) is 73.4 Å². The standard InChI is InChI=1S/C16H23BrN2O/c1-12-5-4-6-14(15(12)17)16(20)19(3)11-13-7-9-18(2)10-8-13/h4-6,13H,7-11H2,1-3H3. The van der Waals surface area contributed by atoms with Crippen LogP contribution in [-0.2, 0) is 0 Å². The monoisotopic (exact) mass is 338 g/mol. The van der Waals surface area contributed by atoms with Crippen LogP contribution in [0.25, 0.3) is 0 Å². The Kier molecular flexibility index (Phi) is 5.22. The van der Waals surface area contributed by atoms with Crippen LogP contribution in [0.4, 0.5) is 0 Å². The number of benzene rings is 1. The zero-order valence-electron chi connectivity index (χ0n) is 12.5. The van der Waals surface area contributed by atoms with Gasteiger partial charge in [0, 0.05) is 18.1 Å². The molecule has 0 N–H and O–H groups in total. The molecule has 0 spiro atoms. The molecule has 0 radical (unpaired) electrons. The molecular formula is C16H23BrN2O. The zero-order chi connectivity index (χ0) is 14.7. The summed E-state index contributed by atoms with van der Waals surface area (Å²) in [5.74, 6) is 0.739. The lowest BCUT2D eigenvalue weighted by molar-refractivity contribution is 0.0746. The van der Waals surface area contributed by atoms with Crippen molar-refractivity contribution in [2.75, 3.05) is 33.7 Å². The summed E-state index contributed by atoms with van der Waals surface area (Å²) in [6.45, 7) is 5.15. The molecule has 3 nitrogen and oxygen atoms in total. The fourth-order valence-corrected chi connectivity index (χ4v) is 3.17. The Balaban J connectivity index is 2.00. The van der Waals surface area contributed by atoms with Gasteiger partial charge < -0.3 is 9.80 Å². The van der Waals surface area contributed by atoms with Crippen LogP contribution in [0.2, 0.25) is 0 Å². The van der Waals surface area contributed by atoms with Gasteiger partial charge in [-0.3, -0.25) is 4.79 Å². The van der Waals surface area contributed by atoms with Crippen LogP contribution in [0.15, 0.2) is 22.7 Å². The molecule has 0 atom stereocenters. The molecule has 20 heavy (non-hydrogen) atoms. The summed E-state index contributed by atoms with van der Waals surface area (Å²) in [6.07, 6.45) is 2.37. The SMILES string of the molecule is Cc1cccc(C(=O)N(C)CC2CCN(C)CC2)c1Br. The average Bonchev–Trinajstić information content (AvgIpc) is 2.43. The first-order valence-electron chi connectivity index (χ1n) is 7.18. The van der Waals surface area contributed by atoms with E-state index in [4.69, 9.17) is 0 Å². The van der Waals surface area contributed by atoms with E-state index in [-0.39, 0.29) is 5.91 Å². The second kappa shape index (κ2) is 6.72. The molecule has 2 rings (SSSR count). The lowest BCUT2D eigenvalue weighted by atomic mass is 9.96. The topological polar surface area (TPSA) is 23.6 Å². The number of hydrogen-bond donors (Lipinski definition) is 0. The van der Waals surface area contributed by atoms with E-state index in [1.807, 2.05) is 37.1 Å². The average molecular weight is 339 g/mol. The van der Waals surface area contributed by atoms with E-state index in [2.05, 4.69) is 27.9 Å². The Morgan fingerprint density at radius 2 is 2.05 bits per heavy atom. The highest BCUT2D eigenvalue weighted by Crippen LogP contribution is 2.23. The van der Waals surface area contributed by atoms with Crippen LogP contribution in [0, 0.1) is 12.8 Å². The highest BCUT2D eigenvalue weighted by Gasteiger charge is 2.22. The molecule has 1 amide bonds. The van der Waals surface area contributed by atoms with Crippen molar-refractivity contribution in [2.24, 2.45) is 5.92 Å². The summed E-state index contributed by atoms with van der Waals surface area (Å²) in [4.78, 5) is 16.8. The number of rotatable bonds is 3. The number of likely N-dealkylation sites (tertiary alicyclic amines) is 1. The molecule has 1 aromatic rings. The quantitative estimate of drug-likeness (QED) is 0.845. The molecule has 0 saturated carbocycles. The number of carbonyl (C=O) groups is 1. The van der Waals surface area contributed by atoms with E-state index < -0.39 is 0 Å². The van der Waals surface area contributed by atoms with Crippen molar-refractivity contribution in [3.05, 3.63) is 33.8 Å². The molecular weight excluding hydrogens is 316 g/mol. The van der Waals surface area contributed by atoms with Gasteiger partial charge in [-0.1, -0.05) is 12.1 Å². The van der Waals surface area contributed by atoms with Crippen molar-refractivity contribution in [1.82, 2.24) is 9.80 Å². The van der Waals surface area contributed by atoms with Crippen molar-refractivity contribution in [3.63, 3.8) is 0 Å². The molecule has 1 saturated heterocycles. The number of amides is 1. The van der Waals surface area contributed by atoms with Crippen LogP contribution in [0.3, 0.4) is 0 Å². The molecule has 1 heterocycles. The Morgan fingerprint density at radius 3 is 2.70 bits per heavy atom. The third-order valence-corrected chi connectivity index (χ3v) is 5.19. The largest absolute Gasteiger partial charge is 0.341 e. The van der Waals surface area contributed by atoms with Gasteiger partial charge in [0.25, 0.3) is 5.91 Å². The second-order valence-electron chi connectivity index (χ2n) is 5.87. The van der Waals surface area contributed by atoms with E-state index in [1.54, 1.807) is 0 Å². The molecule has 0 aliphatic carbocycles. The number of carbonyl (C=O) groups excluding carboxylic acids is 1. The van der Waals surface area contributed by atoms with Crippen molar-refractivity contribution in [1.29, 1.82) is 0 Å². The van der Waals surface area contributed by atoms with E-state index in [0.29, 0.717) is 5.92 Å². The fraction of sp³-hybridized carbons (Fsp3) is 0.562. The highest BCUT2D eigenvalue weighted by molar-refractivity contribution is 9.10. The zero-order valence-corrected chi connectivity index (χ0v) is 14.1. The summed E-state index contributed by atoms with van der Waals surface area (Å²) in [5.41, 5.74) is 1.86. The summed E-state index contributed by atoms with van der Waals surface area (Å²) in [7, 11) is 4.07. The number of nitrogens with zero attached hydrogens (tertiary/aromatic N) is 2. The summed E-state index contributed by atoms with van der Waals surface area (Å²) in [5, 5.41) is 0. The minimum atomic E-state index is 0.111. The number of hydrogen-bond acceptors (Lipinski definition) is 2. The van der Waals surface area contributed by atoms with Gasteiger partial charge in [-0.2, -0.15) is 0 Å². The van der Waals surface area contributed by atoms with E-state index >= 15 is 0 Å². The number of halogens is 1. The first-order valence-corrected chi connectivity index (χ1v) is 7.97. The Morgan fingerprint density at radius 1 is 1.40 bits per heavy atom. The van der Waals surface area contributed by atoms with Crippen molar-refractivity contribution < 1.29 is 4.79 Å². The third-order valence-electron chi connectivity index (χ3n) is 4.14. The molecule has 1 aliphatic rings. The maximum absolute atomic E-state index is 12.5. The van der Waals surface area contributed by atoms with Crippen LogP contribution in [0.5, 0.6) is 0 Å². The van der Waals surface area contributed by atoms with Crippen LogP contribution in [-0.4, -0.2) is 49.4 Å². The lowest BCUT2D eigenvalue weighted by Crippen LogP contribution is -2.38. The first kappa shape index (κ1) is 15.5. The molecule has 0 aromatic heterocycles. The van der Waals surface area contributed by atoms with Crippen molar-refractivity contribution in [2.45, 2.75) is 19.8 Å². The molecule has 4 heteroatoms. The molecule has 110 valence electrons. The minimum Gasteiger partial charge on any atom is -0.341 e. The molecule has 0 unspecified atom stereocenters. The molecule has 1 aromatic carbocycles. The van der Waals surface area contributed by atoms with Crippen molar-refractivity contribution >= 4 is 21.8 Å². The Bertz CT molecular complexity index is 481. The fourth-order valence-electron chi connectivity index (χ4n) is 2.73. The maximum atomic E-state index is 12.5. The van der Waals surface area contributed by atoms with E-state index in [1.165, 1.54) is 12.8 Å². The summed E-state index contributed by atoms with van der Waals surface area (Å²) >= 11 is 3.53. The lowest BCUT2D eigenvalue weighted by Gasteiger charge is -2.31. The van der Waals surface area contributed by atoms with Gasteiger partial charge in [-0.15, -0.1) is 0 Å². The van der Waals surface area contributed by atoms with Crippen molar-refractivity contribution in [3.8, 4) is 0 Å². The third kappa shape index (κ3) is 3.61. The van der Waals surface area contributed by atoms with Gasteiger partial charge in [0.1, 0.15) is 0 Å². The van der Waals surface area contributed by atoms with Gasteiger partial charge in [-0.25, -0.2) is 0 Å². The highest BCUT2D eigenvalue weighted by atomic mass is 79.9. The second-order valence-corrected chi connectivity index (χ2v) is 6.66. The first-order chi connectivity index (χ1) is 9.49. The Labute approximate surface area is 130 Å². The van der Waals surface area contributed by atoms with Crippen LogP contribution in [0.1, 0.15) is 28.8 Å². The maximum Gasteiger partial charge on any atom is 0.254 e. The Hall–Kier alpha value is -0.870. The molecule has 1 fully saturated rings. The predicted octanol–water partition coefficient (Wildman–Crippen LogP) is 3.17. The number of piperidine rings is 1. The van der Waals surface area contributed by atoms with Crippen LogP contribution < -0.4 is 0 Å². The minimum absolute atomic E-state index is 0.111. The number of aryl methyl sites for hydroxylation is 1. The predicted molar refractivity (Wildman–Crippen MR) is 86.1 cm³/mol. The summed E-state index contributed by atoms with van der Waals surface area (Å²) in [6, 6.07) is 5.85.